The normalized spacial score (nSPS) is 16.4. The third kappa shape index (κ3) is 37.2. The Hall–Kier alpha value is 1.24. The van der Waals surface area contributed by atoms with Crippen LogP contribution in [0.2, 0.25) is 5.28 Å². The standard InChI is InChI=1S/C19H42N4.C12H25.3ClH.Cr/c1-4-5-6-7-8-9-10-11-12-13-14-18-20-17-21-19(22-18)15-16-23(2)3;1-3-5-7-9-11-12-10-8-6-4-2;;;;/h18-22H,4-17H2,1-3H3;1,3-12H2,2H3;3*1H;/q;;;;;+3/p-3. The molecule has 1 rings (SSSR count). The van der Waals surface area contributed by atoms with Gasteiger partial charge in [0.05, 0.1) is 12.3 Å². The Morgan fingerprint density at radius 3 is 1.28 bits per heavy atom. The fourth-order valence-corrected chi connectivity index (χ4v) is 5.17. The van der Waals surface area contributed by atoms with Crippen molar-refractivity contribution in [3.05, 3.63) is 0 Å². The number of hydrogen-bond donors (Lipinski definition) is 3. The third-order valence-electron chi connectivity index (χ3n) is 7.31. The first kappa shape index (κ1) is 47.2. The number of nitrogens with one attached hydrogen (secondary N) is 3. The summed E-state index contributed by atoms with van der Waals surface area (Å²) < 4.78 is 0. The Labute approximate surface area is 273 Å². The van der Waals surface area contributed by atoms with Crippen LogP contribution in [0, 0.1) is 0 Å². The summed E-state index contributed by atoms with van der Waals surface area (Å²) in [5.41, 5.74) is 0. The summed E-state index contributed by atoms with van der Waals surface area (Å²) in [7, 11) is 4.28. The number of unbranched alkanes of at least 4 members (excludes halogenated alkanes) is 18. The third-order valence-corrected chi connectivity index (χ3v) is 7.76. The van der Waals surface area contributed by atoms with Gasteiger partial charge in [0.15, 0.2) is 0 Å². The van der Waals surface area contributed by atoms with Crippen molar-refractivity contribution >= 4 is 0 Å². The van der Waals surface area contributed by atoms with E-state index < -0.39 is 0 Å². The van der Waals surface area contributed by atoms with Gasteiger partial charge >= 0.3 is 92.7 Å². The molecule has 8 heteroatoms. The van der Waals surface area contributed by atoms with E-state index in [9.17, 15) is 0 Å². The summed E-state index contributed by atoms with van der Waals surface area (Å²) >= 11 is 3.07. The minimum Gasteiger partial charge on any atom is -1.00 e. The van der Waals surface area contributed by atoms with Crippen LogP contribution in [-0.4, -0.2) is 44.5 Å². The minimum atomic E-state index is 0. The molecule has 39 heavy (non-hydrogen) atoms. The zero-order valence-corrected chi connectivity index (χ0v) is 29.9. The maximum atomic E-state index is 3.69. The molecular formula is C31H67Cl3CrN4. The maximum Gasteiger partial charge on any atom is -1.00 e. The van der Waals surface area contributed by atoms with E-state index in [0.717, 1.165) is 13.2 Å². The molecular weight excluding hydrogens is 587 g/mol. The van der Waals surface area contributed by atoms with Crippen molar-refractivity contribution in [1.82, 2.24) is 20.9 Å². The molecule has 1 heterocycles. The van der Waals surface area contributed by atoms with Gasteiger partial charge in [-0.15, -0.1) is 0 Å². The van der Waals surface area contributed by atoms with Crippen LogP contribution >= 0.6 is 0 Å². The van der Waals surface area contributed by atoms with Crippen LogP contribution in [0.15, 0.2) is 0 Å². The topological polar surface area (TPSA) is 39.3 Å². The molecule has 0 aliphatic carbocycles. The number of hydrogen-bond acceptors (Lipinski definition) is 4. The van der Waals surface area contributed by atoms with Crippen molar-refractivity contribution in [3.63, 3.8) is 0 Å². The molecule has 2 unspecified atom stereocenters. The average molecular weight is 654 g/mol. The van der Waals surface area contributed by atoms with Gasteiger partial charge in [0.2, 0.25) is 0 Å². The van der Waals surface area contributed by atoms with E-state index in [4.69, 9.17) is 0 Å². The Morgan fingerprint density at radius 2 is 0.897 bits per heavy atom. The summed E-state index contributed by atoms with van der Waals surface area (Å²) in [6.45, 7) is 6.64. The van der Waals surface area contributed by atoms with Gasteiger partial charge in [0.25, 0.3) is 0 Å². The van der Waals surface area contributed by atoms with Crippen molar-refractivity contribution in [1.29, 1.82) is 0 Å². The Morgan fingerprint density at radius 1 is 0.538 bits per heavy atom. The average Bonchev–Trinajstić information content (AvgIpc) is 2.88. The SMILES string of the molecule is CCCCCCCCCCCCC1NCNC(CCN(C)C)N1.CCCCCCCCCCC[CH2][Cr+3].[Cl-].[Cl-].[Cl-]. The molecule has 238 valence electrons. The zero-order chi connectivity index (χ0) is 26.5. The monoisotopic (exact) mass is 652 g/mol. The van der Waals surface area contributed by atoms with Gasteiger partial charge in [-0.05, 0) is 26.9 Å². The summed E-state index contributed by atoms with van der Waals surface area (Å²) in [6.07, 6.45) is 32.0. The second-order valence-electron chi connectivity index (χ2n) is 11.3. The first-order valence-corrected chi connectivity index (χ1v) is 17.0. The van der Waals surface area contributed by atoms with Crippen LogP contribution in [0.1, 0.15) is 155 Å². The van der Waals surface area contributed by atoms with Gasteiger partial charge in [-0.1, -0.05) is 71.1 Å². The molecule has 1 aliphatic rings. The number of halogens is 3. The predicted octanol–water partition coefficient (Wildman–Crippen LogP) is -0.474. The molecule has 4 nitrogen and oxygen atoms in total. The molecule has 0 spiro atoms. The first-order valence-electron chi connectivity index (χ1n) is 16.1. The van der Waals surface area contributed by atoms with Crippen molar-refractivity contribution in [2.45, 2.75) is 173 Å². The van der Waals surface area contributed by atoms with Crippen LogP contribution in [-0.2, 0) is 16.3 Å². The van der Waals surface area contributed by atoms with Crippen LogP contribution in [0.5, 0.6) is 0 Å². The Balaban J connectivity index is -0.000000332. The molecule has 0 aromatic carbocycles. The fourth-order valence-electron chi connectivity index (χ4n) is 4.85. The van der Waals surface area contributed by atoms with E-state index in [0.29, 0.717) is 12.3 Å². The van der Waals surface area contributed by atoms with E-state index >= 15 is 0 Å². The van der Waals surface area contributed by atoms with Crippen LogP contribution in [0.3, 0.4) is 0 Å². The molecule has 3 N–H and O–H groups in total. The second-order valence-corrected chi connectivity index (χ2v) is 11.9. The van der Waals surface area contributed by atoms with Gasteiger partial charge < -0.3 is 42.1 Å². The molecule has 0 aromatic rings. The molecule has 0 aromatic heterocycles. The maximum absolute atomic E-state index is 3.69. The van der Waals surface area contributed by atoms with Gasteiger partial charge in [-0.3, -0.25) is 16.0 Å². The Bertz CT molecular complexity index is 413. The minimum absolute atomic E-state index is 0. The van der Waals surface area contributed by atoms with Crippen molar-refractivity contribution in [3.8, 4) is 0 Å². The van der Waals surface area contributed by atoms with Crippen LogP contribution in [0.25, 0.3) is 0 Å². The molecule has 2 atom stereocenters. The summed E-state index contributed by atoms with van der Waals surface area (Å²) in [4.78, 5) is 2.25. The van der Waals surface area contributed by atoms with Crippen molar-refractivity contribution in [2.24, 2.45) is 0 Å². The molecule has 1 saturated heterocycles. The summed E-state index contributed by atoms with van der Waals surface area (Å²) in [5.74, 6) is 0. The van der Waals surface area contributed by atoms with E-state index in [-0.39, 0.29) is 37.2 Å². The number of rotatable bonds is 24. The van der Waals surface area contributed by atoms with E-state index in [1.54, 1.807) is 0 Å². The van der Waals surface area contributed by atoms with Crippen LogP contribution < -0.4 is 53.2 Å². The van der Waals surface area contributed by atoms with Gasteiger partial charge in [-0.25, -0.2) is 0 Å². The van der Waals surface area contributed by atoms with E-state index in [2.05, 4.69) is 65.1 Å². The predicted molar refractivity (Wildman–Crippen MR) is 158 cm³/mol. The zero-order valence-electron chi connectivity index (χ0n) is 26.3. The van der Waals surface area contributed by atoms with Crippen molar-refractivity contribution in [2.75, 3.05) is 27.3 Å². The molecule has 0 saturated carbocycles. The molecule has 0 amide bonds. The smallest absolute Gasteiger partial charge is 1.00 e. The van der Waals surface area contributed by atoms with E-state index in [1.807, 2.05) is 0 Å². The molecule has 0 bridgehead atoms. The van der Waals surface area contributed by atoms with Gasteiger partial charge in [0.1, 0.15) is 0 Å². The second kappa shape index (κ2) is 39.2. The van der Waals surface area contributed by atoms with Gasteiger partial charge in [0, 0.05) is 13.2 Å². The fraction of sp³-hybridized carbons (Fsp3) is 1.00. The Kier molecular flexibility index (Phi) is 47.5. The van der Waals surface area contributed by atoms with E-state index in [1.165, 1.54) is 147 Å². The quantitative estimate of drug-likeness (QED) is 0.123. The molecule has 1 fully saturated rings. The first-order chi connectivity index (χ1) is 17.6. The largest absolute Gasteiger partial charge is 1.00 e. The van der Waals surface area contributed by atoms with Crippen LogP contribution in [0.4, 0.5) is 0 Å². The summed E-state index contributed by atoms with van der Waals surface area (Å²) in [5, 5.41) is 12.0. The molecule has 0 radical (unpaired) electrons. The number of nitrogens with zero attached hydrogens (tertiary/aromatic N) is 1. The van der Waals surface area contributed by atoms with Crippen molar-refractivity contribution < 1.29 is 53.5 Å². The summed E-state index contributed by atoms with van der Waals surface area (Å²) in [6, 6.07) is 0. The molecule has 1 aliphatic heterocycles. The van der Waals surface area contributed by atoms with Gasteiger partial charge in [-0.2, -0.15) is 0 Å².